The maximum atomic E-state index is 12.0. The van der Waals surface area contributed by atoms with Gasteiger partial charge in [-0.25, -0.2) is 13.1 Å². The number of hydrogen-bond acceptors (Lipinski definition) is 5. The lowest BCUT2D eigenvalue weighted by Crippen LogP contribution is -2.45. The van der Waals surface area contributed by atoms with Gasteiger partial charge in [0.15, 0.2) is 0 Å². The fraction of sp³-hybridized carbons (Fsp3) is 0.600. The third kappa shape index (κ3) is 4.18. The lowest BCUT2D eigenvalue weighted by atomic mass is 10.1. The molecule has 0 saturated heterocycles. The minimum absolute atomic E-state index is 0.120. The van der Waals surface area contributed by atoms with E-state index >= 15 is 0 Å². The first kappa shape index (κ1) is 15.9. The van der Waals surface area contributed by atoms with Gasteiger partial charge in [-0.1, -0.05) is 11.6 Å². The molecule has 1 N–H and O–H groups in total. The molecule has 0 saturated carbocycles. The van der Waals surface area contributed by atoms with Crippen LogP contribution in [0.3, 0.4) is 0 Å². The first-order valence-corrected chi connectivity index (χ1v) is 7.80. The van der Waals surface area contributed by atoms with Crippen LogP contribution >= 0.6 is 22.9 Å². The Balaban J connectivity index is 2.73. The van der Waals surface area contributed by atoms with Gasteiger partial charge >= 0.3 is 0 Å². The van der Waals surface area contributed by atoms with Gasteiger partial charge in [0.05, 0.1) is 10.9 Å². The zero-order valence-electron chi connectivity index (χ0n) is 10.4. The highest BCUT2D eigenvalue weighted by atomic mass is 35.5. The lowest BCUT2D eigenvalue weighted by Gasteiger charge is -2.27. The van der Waals surface area contributed by atoms with Crippen LogP contribution in [0.15, 0.2) is 16.3 Å². The molecule has 1 aromatic heterocycles. The van der Waals surface area contributed by atoms with Crippen molar-refractivity contribution in [3.63, 3.8) is 0 Å². The second-order valence-corrected chi connectivity index (χ2v) is 7.68. The standard InChI is InChI=1S/C10H16ClNO4S2/c1-10(16-3,7-15-2)6-12-18(13,14)9-5-4-8(11)17-9/h4-5,12H,6-7H2,1-3H3/t10-/m1/s1. The highest BCUT2D eigenvalue weighted by molar-refractivity contribution is 7.91. The highest BCUT2D eigenvalue weighted by Crippen LogP contribution is 2.25. The van der Waals surface area contributed by atoms with Gasteiger partial charge in [-0.05, 0) is 19.1 Å². The van der Waals surface area contributed by atoms with E-state index in [2.05, 4.69) is 4.72 Å². The predicted molar refractivity (Wildman–Crippen MR) is 71.8 cm³/mol. The number of hydrogen-bond donors (Lipinski definition) is 1. The number of thiophene rings is 1. The van der Waals surface area contributed by atoms with Crippen molar-refractivity contribution in [2.24, 2.45) is 0 Å². The molecule has 0 aliphatic rings. The number of sulfonamides is 1. The van der Waals surface area contributed by atoms with Crippen molar-refractivity contribution >= 4 is 33.0 Å². The molecule has 0 aliphatic heterocycles. The van der Waals surface area contributed by atoms with Crippen molar-refractivity contribution in [1.82, 2.24) is 4.72 Å². The van der Waals surface area contributed by atoms with Gasteiger partial charge < -0.3 is 9.47 Å². The molecule has 0 aromatic carbocycles. The van der Waals surface area contributed by atoms with Crippen molar-refractivity contribution in [2.75, 3.05) is 27.4 Å². The van der Waals surface area contributed by atoms with E-state index in [9.17, 15) is 8.42 Å². The van der Waals surface area contributed by atoms with Crippen LogP contribution in [0.2, 0.25) is 4.34 Å². The maximum absolute atomic E-state index is 12.0. The molecule has 8 heteroatoms. The van der Waals surface area contributed by atoms with E-state index < -0.39 is 15.6 Å². The van der Waals surface area contributed by atoms with E-state index in [0.29, 0.717) is 4.34 Å². The molecule has 0 radical (unpaired) electrons. The quantitative estimate of drug-likeness (QED) is 0.832. The molecule has 18 heavy (non-hydrogen) atoms. The molecule has 5 nitrogen and oxygen atoms in total. The maximum Gasteiger partial charge on any atom is 0.250 e. The molecule has 0 amide bonds. The number of methoxy groups -OCH3 is 2. The molecule has 0 spiro atoms. The number of halogens is 1. The lowest BCUT2D eigenvalue weighted by molar-refractivity contribution is -0.0460. The number of nitrogens with one attached hydrogen (secondary N) is 1. The van der Waals surface area contributed by atoms with Crippen LogP contribution in [0.5, 0.6) is 0 Å². The molecular formula is C10H16ClNO4S2. The van der Waals surface area contributed by atoms with E-state index in [1.807, 2.05) is 0 Å². The Labute approximate surface area is 116 Å². The monoisotopic (exact) mass is 313 g/mol. The Morgan fingerprint density at radius 3 is 2.56 bits per heavy atom. The second kappa shape index (κ2) is 6.31. The van der Waals surface area contributed by atoms with Crippen molar-refractivity contribution in [1.29, 1.82) is 0 Å². The zero-order chi connectivity index (χ0) is 13.8. The normalized spacial score (nSPS) is 15.6. The predicted octanol–water partition coefficient (Wildman–Crippen LogP) is 1.73. The Kier molecular flexibility index (Phi) is 5.57. The van der Waals surface area contributed by atoms with Crippen LogP contribution in [0.25, 0.3) is 0 Å². The summed E-state index contributed by atoms with van der Waals surface area (Å²) in [4.78, 5) is 0. The third-order valence-electron chi connectivity index (χ3n) is 2.39. The minimum Gasteiger partial charge on any atom is -0.382 e. The molecule has 0 bridgehead atoms. The van der Waals surface area contributed by atoms with Crippen LogP contribution in [0.1, 0.15) is 6.92 Å². The van der Waals surface area contributed by atoms with Crippen LogP contribution < -0.4 is 4.72 Å². The molecule has 0 unspecified atom stereocenters. The van der Waals surface area contributed by atoms with Gasteiger partial charge in [-0.3, -0.25) is 0 Å². The fourth-order valence-electron chi connectivity index (χ4n) is 1.25. The van der Waals surface area contributed by atoms with Crippen molar-refractivity contribution in [2.45, 2.75) is 16.7 Å². The van der Waals surface area contributed by atoms with Gasteiger partial charge in [-0.2, -0.15) is 0 Å². The van der Waals surface area contributed by atoms with Gasteiger partial charge in [0.25, 0.3) is 0 Å². The first-order chi connectivity index (χ1) is 8.33. The Morgan fingerprint density at radius 1 is 1.44 bits per heavy atom. The van der Waals surface area contributed by atoms with Gasteiger partial charge in [-0.15, -0.1) is 11.3 Å². The SMILES string of the molecule is COC[C@@](C)(CNS(=O)(=O)c1ccc(Cl)s1)OC. The number of ether oxygens (including phenoxy) is 2. The van der Waals surface area contributed by atoms with E-state index in [0.717, 1.165) is 11.3 Å². The molecule has 0 fully saturated rings. The molecular weight excluding hydrogens is 298 g/mol. The molecule has 1 atom stereocenters. The summed E-state index contributed by atoms with van der Waals surface area (Å²) in [5, 5.41) is 0. The van der Waals surface area contributed by atoms with Crippen molar-refractivity contribution < 1.29 is 17.9 Å². The molecule has 1 rings (SSSR count). The summed E-state index contributed by atoms with van der Waals surface area (Å²) in [5.41, 5.74) is -0.705. The minimum atomic E-state index is -3.55. The smallest absolute Gasteiger partial charge is 0.250 e. The first-order valence-electron chi connectivity index (χ1n) is 5.12. The third-order valence-corrected chi connectivity index (χ3v) is 5.52. The molecule has 1 heterocycles. The molecule has 104 valence electrons. The van der Waals surface area contributed by atoms with Crippen LogP contribution in [0.4, 0.5) is 0 Å². The van der Waals surface area contributed by atoms with E-state index in [1.165, 1.54) is 20.3 Å². The van der Waals surface area contributed by atoms with E-state index in [1.54, 1.807) is 13.0 Å². The van der Waals surface area contributed by atoms with E-state index in [4.69, 9.17) is 21.1 Å². The summed E-state index contributed by atoms with van der Waals surface area (Å²) in [7, 11) is -0.511. The highest BCUT2D eigenvalue weighted by Gasteiger charge is 2.27. The summed E-state index contributed by atoms with van der Waals surface area (Å²) in [6.45, 7) is 2.17. The largest absolute Gasteiger partial charge is 0.382 e. The molecule has 1 aromatic rings. The van der Waals surface area contributed by atoms with Crippen LogP contribution in [0, 0.1) is 0 Å². The van der Waals surface area contributed by atoms with Gasteiger partial charge in [0, 0.05) is 20.8 Å². The number of rotatable bonds is 7. The summed E-state index contributed by atoms with van der Waals surface area (Å²) in [6, 6.07) is 3.02. The Bertz CT molecular complexity index is 488. The average molecular weight is 314 g/mol. The van der Waals surface area contributed by atoms with Gasteiger partial charge in [0.1, 0.15) is 9.81 Å². The zero-order valence-corrected chi connectivity index (χ0v) is 12.8. The van der Waals surface area contributed by atoms with Crippen molar-refractivity contribution in [3.8, 4) is 0 Å². The van der Waals surface area contributed by atoms with E-state index in [-0.39, 0.29) is 17.4 Å². The van der Waals surface area contributed by atoms with Gasteiger partial charge in [0.2, 0.25) is 10.0 Å². The van der Waals surface area contributed by atoms with Crippen LogP contribution in [-0.2, 0) is 19.5 Å². The topological polar surface area (TPSA) is 64.6 Å². The second-order valence-electron chi connectivity index (χ2n) is 3.97. The summed E-state index contributed by atoms with van der Waals surface area (Å²) < 4.78 is 37.2. The fourth-order valence-corrected chi connectivity index (χ4v) is 3.93. The molecule has 0 aliphatic carbocycles. The average Bonchev–Trinajstić information content (AvgIpc) is 2.75. The Morgan fingerprint density at radius 2 is 2.11 bits per heavy atom. The summed E-state index contributed by atoms with van der Waals surface area (Å²) in [6.07, 6.45) is 0. The Hall–Kier alpha value is -0.180. The van der Waals surface area contributed by atoms with Crippen molar-refractivity contribution in [3.05, 3.63) is 16.5 Å². The summed E-state index contributed by atoms with van der Waals surface area (Å²) in [5.74, 6) is 0. The summed E-state index contributed by atoms with van der Waals surface area (Å²) >= 11 is 6.72. The van der Waals surface area contributed by atoms with Crippen LogP contribution in [-0.4, -0.2) is 41.4 Å².